The van der Waals surface area contributed by atoms with Gasteiger partial charge in [-0.3, -0.25) is 0 Å². The zero-order valence-electron chi connectivity index (χ0n) is 16.4. The van der Waals surface area contributed by atoms with Gasteiger partial charge < -0.3 is 14.0 Å². The van der Waals surface area contributed by atoms with Crippen LogP contribution in [-0.2, 0) is 6.61 Å². The normalized spacial score (nSPS) is 10.8. The van der Waals surface area contributed by atoms with Crippen LogP contribution in [-0.4, -0.2) is 17.3 Å². The number of nitrogens with zero attached hydrogens (tertiary/aromatic N) is 2. The molecule has 0 unspecified atom stereocenters. The lowest BCUT2D eigenvalue weighted by molar-refractivity contribution is 0.279. The second kappa shape index (κ2) is 8.32. The lowest BCUT2D eigenvalue weighted by atomic mass is 10.1. The lowest BCUT2D eigenvalue weighted by Crippen LogP contribution is -2.00. The van der Waals surface area contributed by atoms with Crippen molar-refractivity contribution in [2.45, 2.75) is 13.5 Å². The van der Waals surface area contributed by atoms with Crippen LogP contribution in [0.1, 0.15) is 11.1 Å². The van der Waals surface area contributed by atoms with Gasteiger partial charge in [0.25, 0.3) is 5.89 Å². The third-order valence-corrected chi connectivity index (χ3v) is 4.62. The third kappa shape index (κ3) is 4.00. The van der Waals surface area contributed by atoms with Gasteiger partial charge in [-0.15, -0.1) is 0 Å². The quantitative estimate of drug-likeness (QED) is 0.417. The maximum Gasteiger partial charge on any atom is 0.258 e. The minimum atomic E-state index is -0.666. The first-order valence-electron chi connectivity index (χ1n) is 9.20. The molecule has 1 aromatic heterocycles. The summed E-state index contributed by atoms with van der Waals surface area (Å²) >= 11 is 0. The van der Waals surface area contributed by atoms with Crippen molar-refractivity contribution in [3.8, 4) is 34.3 Å². The van der Waals surface area contributed by atoms with Crippen LogP contribution in [0, 0.1) is 18.6 Å². The molecule has 0 aliphatic carbocycles. The van der Waals surface area contributed by atoms with Crippen LogP contribution in [0.15, 0.2) is 65.2 Å². The molecule has 0 aliphatic heterocycles. The third-order valence-electron chi connectivity index (χ3n) is 4.62. The summed E-state index contributed by atoms with van der Waals surface area (Å²) in [7, 11) is 1.50. The highest BCUT2D eigenvalue weighted by Crippen LogP contribution is 2.33. The van der Waals surface area contributed by atoms with Crippen molar-refractivity contribution in [3.63, 3.8) is 0 Å². The van der Waals surface area contributed by atoms with E-state index in [0.717, 1.165) is 17.2 Å². The number of aromatic nitrogens is 2. The van der Waals surface area contributed by atoms with E-state index in [4.69, 9.17) is 14.0 Å². The highest BCUT2D eigenvalue weighted by atomic mass is 19.1. The zero-order valence-corrected chi connectivity index (χ0v) is 16.4. The highest BCUT2D eigenvalue weighted by Gasteiger charge is 2.15. The van der Waals surface area contributed by atoms with E-state index >= 15 is 0 Å². The monoisotopic (exact) mass is 408 g/mol. The van der Waals surface area contributed by atoms with E-state index in [1.165, 1.54) is 19.2 Å². The van der Waals surface area contributed by atoms with Gasteiger partial charge in [-0.25, -0.2) is 8.78 Å². The molecule has 0 fully saturated rings. The van der Waals surface area contributed by atoms with Gasteiger partial charge >= 0.3 is 0 Å². The van der Waals surface area contributed by atoms with E-state index < -0.39 is 11.6 Å². The van der Waals surface area contributed by atoms with Gasteiger partial charge in [-0.05, 0) is 48.9 Å². The predicted molar refractivity (Wildman–Crippen MR) is 107 cm³/mol. The van der Waals surface area contributed by atoms with E-state index in [-0.39, 0.29) is 12.2 Å². The summed E-state index contributed by atoms with van der Waals surface area (Å²) in [5.74, 6) is 0.367. The van der Waals surface area contributed by atoms with Gasteiger partial charge in [0.2, 0.25) is 5.82 Å². The summed E-state index contributed by atoms with van der Waals surface area (Å²) in [6.07, 6.45) is 0. The first-order chi connectivity index (χ1) is 14.5. The molecule has 1 heterocycles. The predicted octanol–water partition coefficient (Wildman–Crippen LogP) is 5.58. The number of ether oxygens (including phenoxy) is 2. The van der Waals surface area contributed by atoms with Crippen molar-refractivity contribution in [1.82, 2.24) is 10.1 Å². The fourth-order valence-corrected chi connectivity index (χ4v) is 2.98. The molecular weight excluding hydrogens is 390 g/mol. The van der Waals surface area contributed by atoms with Crippen molar-refractivity contribution < 1.29 is 22.8 Å². The number of benzene rings is 3. The SMILES string of the molecule is COc1cc(-c2noc(-c3ccccc3C)n2)ccc1OCc1ccc(F)cc1F. The van der Waals surface area contributed by atoms with Crippen molar-refractivity contribution >= 4 is 0 Å². The average molecular weight is 408 g/mol. The molecule has 0 radical (unpaired) electrons. The summed E-state index contributed by atoms with van der Waals surface area (Å²) in [6, 6.07) is 16.2. The van der Waals surface area contributed by atoms with Crippen molar-refractivity contribution in [3.05, 3.63) is 83.4 Å². The van der Waals surface area contributed by atoms with Gasteiger partial charge in [-0.1, -0.05) is 23.4 Å². The molecule has 0 amide bonds. The van der Waals surface area contributed by atoms with Crippen molar-refractivity contribution in [1.29, 1.82) is 0 Å². The lowest BCUT2D eigenvalue weighted by Gasteiger charge is -2.12. The second-order valence-electron chi connectivity index (χ2n) is 6.63. The molecule has 5 nitrogen and oxygen atoms in total. The average Bonchev–Trinajstić information content (AvgIpc) is 3.23. The number of hydrogen-bond donors (Lipinski definition) is 0. The molecule has 4 aromatic rings. The standard InChI is InChI=1S/C23H18F2N2O3/c1-14-5-3-4-6-18(14)23-26-22(27-30-23)15-8-10-20(21(11-15)28-2)29-13-16-7-9-17(24)12-19(16)25/h3-12H,13H2,1-2H3. The van der Waals surface area contributed by atoms with Crippen LogP contribution in [0.2, 0.25) is 0 Å². The Bertz CT molecular complexity index is 1190. The van der Waals surface area contributed by atoms with Gasteiger partial charge in [0.1, 0.15) is 18.2 Å². The van der Waals surface area contributed by atoms with Crippen LogP contribution in [0.3, 0.4) is 0 Å². The smallest absolute Gasteiger partial charge is 0.258 e. The van der Waals surface area contributed by atoms with Crippen molar-refractivity contribution in [2.24, 2.45) is 0 Å². The van der Waals surface area contributed by atoms with Crippen LogP contribution in [0.25, 0.3) is 22.8 Å². The Balaban J connectivity index is 1.56. The first kappa shape index (κ1) is 19.6. The van der Waals surface area contributed by atoms with Crippen LogP contribution >= 0.6 is 0 Å². The number of rotatable bonds is 6. The Hall–Kier alpha value is -3.74. The Kier molecular flexibility index (Phi) is 5.43. The van der Waals surface area contributed by atoms with Gasteiger partial charge in [0.05, 0.1) is 7.11 Å². The molecule has 0 atom stereocenters. The number of hydrogen-bond acceptors (Lipinski definition) is 5. The number of methoxy groups -OCH3 is 1. The first-order valence-corrected chi connectivity index (χ1v) is 9.20. The largest absolute Gasteiger partial charge is 0.493 e. The summed E-state index contributed by atoms with van der Waals surface area (Å²) in [5, 5.41) is 4.05. The van der Waals surface area contributed by atoms with Crippen LogP contribution in [0.4, 0.5) is 8.78 Å². The van der Waals surface area contributed by atoms with Crippen LogP contribution in [0.5, 0.6) is 11.5 Å². The second-order valence-corrected chi connectivity index (χ2v) is 6.63. The minimum Gasteiger partial charge on any atom is -0.493 e. The summed E-state index contributed by atoms with van der Waals surface area (Å²) < 4.78 is 43.3. The molecule has 0 spiro atoms. The minimum absolute atomic E-state index is 0.0680. The highest BCUT2D eigenvalue weighted by molar-refractivity contribution is 5.64. The van der Waals surface area contributed by atoms with Crippen LogP contribution < -0.4 is 9.47 Å². The molecule has 0 saturated carbocycles. The Morgan fingerprint density at radius 3 is 2.57 bits per heavy atom. The molecule has 0 bridgehead atoms. The molecule has 152 valence electrons. The summed E-state index contributed by atoms with van der Waals surface area (Å²) in [6.45, 7) is 1.90. The van der Waals surface area contributed by atoms with E-state index in [2.05, 4.69) is 10.1 Å². The molecule has 0 N–H and O–H groups in total. The molecule has 3 aromatic carbocycles. The van der Waals surface area contributed by atoms with Gasteiger partial charge in [0.15, 0.2) is 11.5 Å². The molecule has 0 aliphatic rings. The number of aryl methyl sites for hydroxylation is 1. The zero-order chi connectivity index (χ0) is 21.1. The Morgan fingerprint density at radius 1 is 0.967 bits per heavy atom. The Labute approximate surface area is 171 Å². The molecule has 0 saturated heterocycles. The number of halogens is 2. The maximum atomic E-state index is 13.8. The van der Waals surface area contributed by atoms with Gasteiger partial charge in [-0.2, -0.15) is 4.98 Å². The Morgan fingerprint density at radius 2 is 1.80 bits per heavy atom. The van der Waals surface area contributed by atoms with E-state index in [1.54, 1.807) is 18.2 Å². The van der Waals surface area contributed by atoms with E-state index in [0.29, 0.717) is 28.8 Å². The fourth-order valence-electron chi connectivity index (χ4n) is 2.98. The summed E-state index contributed by atoms with van der Waals surface area (Å²) in [4.78, 5) is 4.47. The summed E-state index contributed by atoms with van der Waals surface area (Å²) in [5.41, 5.74) is 2.81. The fraction of sp³-hybridized carbons (Fsp3) is 0.130. The maximum absolute atomic E-state index is 13.8. The molecule has 4 rings (SSSR count). The van der Waals surface area contributed by atoms with Crippen molar-refractivity contribution in [2.75, 3.05) is 7.11 Å². The molecule has 7 heteroatoms. The van der Waals surface area contributed by atoms with E-state index in [1.807, 2.05) is 31.2 Å². The molecule has 30 heavy (non-hydrogen) atoms. The van der Waals surface area contributed by atoms with Gasteiger partial charge in [0, 0.05) is 22.8 Å². The van der Waals surface area contributed by atoms with E-state index in [9.17, 15) is 8.78 Å². The molecular formula is C23H18F2N2O3. The topological polar surface area (TPSA) is 57.4 Å².